The summed E-state index contributed by atoms with van der Waals surface area (Å²) in [6.07, 6.45) is 0. The number of halogens is 2. The Morgan fingerprint density at radius 2 is 1.89 bits per heavy atom. The number of hydrogen-bond acceptors (Lipinski definition) is 5. The monoisotopic (exact) mass is 305 g/mol. The molecule has 0 saturated carbocycles. The maximum absolute atomic E-state index is 11.8. The number of likely N-dealkylation sites (N-methyl/N-ethyl adjacent to an activating group) is 1. The first-order valence-corrected chi connectivity index (χ1v) is 6.63. The number of nitrogens with two attached hydrogens (primary N) is 1. The Hall–Kier alpha value is -1.24. The molecule has 8 heteroatoms. The number of hydrazine groups is 1. The van der Waals surface area contributed by atoms with Crippen molar-refractivity contribution in [2.75, 3.05) is 30.4 Å². The molecule has 4 N–H and O–H groups in total. The highest BCUT2D eigenvalue weighted by molar-refractivity contribution is 6.37. The van der Waals surface area contributed by atoms with Crippen LogP contribution in [0.5, 0.6) is 0 Å². The Labute approximate surface area is 122 Å². The molecule has 0 radical (unpaired) electrons. The molecule has 1 heterocycles. The van der Waals surface area contributed by atoms with E-state index >= 15 is 0 Å². The third kappa shape index (κ3) is 4.12. The fraction of sp³-hybridized carbons (Fsp3) is 0.455. The maximum atomic E-state index is 11.8. The lowest BCUT2D eigenvalue weighted by Crippen LogP contribution is -2.35. The lowest BCUT2D eigenvalue weighted by Gasteiger charge is -2.19. The first kappa shape index (κ1) is 15.8. The zero-order chi connectivity index (χ0) is 14.4. The summed E-state index contributed by atoms with van der Waals surface area (Å²) in [7, 11) is 0. The van der Waals surface area contributed by atoms with Gasteiger partial charge in [0.2, 0.25) is 5.91 Å². The lowest BCUT2D eigenvalue weighted by atomic mass is 10.4. The first-order valence-electron chi connectivity index (χ1n) is 5.87. The van der Waals surface area contributed by atoms with Gasteiger partial charge in [0, 0.05) is 13.1 Å². The van der Waals surface area contributed by atoms with E-state index in [9.17, 15) is 4.79 Å². The van der Waals surface area contributed by atoms with Crippen LogP contribution in [-0.2, 0) is 4.79 Å². The minimum Gasteiger partial charge on any atom is -0.360 e. The van der Waals surface area contributed by atoms with Gasteiger partial charge >= 0.3 is 0 Å². The van der Waals surface area contributed by atoms with Crippen molar-refractivity contribution < 1.29 is 4.79 Å². The lowest BCUT2D eigenvalue weighted by molar-refractivity contribution is -0.128. The third-order valence-electron chi connectivity index (χ3n) is 2.59. The fourth-order valence-corrected chi connectivity index (χ4v) is 2.02. The first-order chi connectivity index (χ1) is 9.03. The number of hydrogen-bond donors (Lipinski definition) is 3. The Morgan fingerprint density at radius 1 is 1.32 bits per heavy atom. The number of amides is 1. The van der Waals surface area contributed by atoms with Gasteiger partial charge in [-0.1, -0.05) is 23.2 Å². The second-order valence-corrected chi connectivity index (χ2v) is 4.53. The van der Waals surface area contributed by atoms with Gasteiger partial charge in [-0.05, 0) is 19.9 Å². The molecule has 0 aliphatic heterocycles. The largest absolute Gasteiger partial charge is 0.360 e. The molecule has 0 atom stereocenters. The molecule has 0 fully saturated rings. The standard InChI is InChI=1S/C11H17Cl2N5O/c1-3-18(4-2)9(19)6-15-10-7(12)5-8(13)11(16-10)17-14/h5H,3-4,6,14H2,1-2H3,(H2,15,16,17). The molecular formula is C11H17Cl2N5O. The summed E-state index contributed by atoms with van der Waals surface area (Å²) in [6.45, 7) is 5.28. The molecule has 1 amide bonds. The van der Waals surface area contributed by atoms with E-state index in [0.29, 0.717) is 34.8 Å². The van der Waals surface area contributed by atoms with Crippen LogP contribution >= 0.6 is 23.2 Å². The van der Waals surface area contributed by atoms with Crippen molar-refractivity contribution in [2.24, 2.45) is 5.84 Å². The van der Waals surface area contributed by atoms with E-state index in [4.69, 9.17) is 29.0 Å². The molecule has 19 heavy (non-hydrogen) atoms. The molecule has 0 bridgehead atoms. The van der Waals surface area contributed by atoms with Crippen LogP contribution in [-0.4, -0.2) is 35.4 Å². The second-order valence-electron chi connectivity index (χ2n) is 3.71. The smallest absolute Gasteiger partial charge is 0.241 e. The van der Waals surface area contributed by atoms with E-state index in [0.717, 1.165) is 0 Å². The molecule has 0 aliphatic carbocycles. The summed E-state index contributed by atoms with van der Waals surface area (Å²) < 4.78 is 0. The minimum atomic E-state index is -0.0277. The number of carbonyl (C=O) groups is 1. The molecule has 106 valence electrons. The quantitative estimate of drug-likeness (QED) is 0.553. The second kappa shape index (κ2) is 7.37. The van der Waals surface area contributed by atoms with Crippen LogP contribution in [0.3, 0.4) is 0 Å². The van der Waals surface area contributed by atoms with Gasteiger partial charge in [-0.2, -0.15) is 0 Å². The predicted molar refractivity (Wildman–Crippen MR) is 78.5 cm³/mol. The van der Waals surface area contributed by atoms with Crippen LogP contribution in [0.2, 0.25) is 10.0 Å². The Balaban J connectivity index is 2.75. The molecule has 1 aromatic heterocycles. The molecule has 1 rings (SSSR count). The molecule has 1 aromatic rings. The number of pyridine rings is 1. The van der Waals surface area contributed by atoms with Gasteiger partial charge < -0.3 is 15.6 Å². The van der Waals surface area contributed by atoms with Crippen molar-refractivity contribution in [3.05, 3.63) is 16.1 Å². The number of nitrogen functional groups attached to an aromatic ring is 1. The summed E-state index contributed by atoms with van der Waals surface area (Å²) >= 11 is 11.9. The number of carbonyl (C=O) groups excluding carboxylic acids is 1. The summed E-state index contributed by atoms with van der Waals surface area (Å²) in [5, 5.41) is 3.52. The summed E-state index contributed by atoms with van der Waals surface area (Å²) in [4.78, 5) is 17.6. The predicted octanol–water partition coefficient (Wildman–Crippen LogP) is 1.95. The molecular weight excluding hydrogens is 289 g/mol. The van der Waals surface area contributed by atoms with Gasteiger partial charge in [0.25, 0.3) is 0 Å². The van der Waals surface area contributed by atoms with E-state index in [1.807, 2.05) is 13.8 Å². The van der Waals surface area contributed by atoms with Crippen LogP contribution in [0.4, 0.5) is 11.6 Å². The highest BCUT2D eigenvalue weighted by Crippen LogP contribution is 2.28. The SMILES string of the molecule is CCN(CC)C(=O)CNc1nc(NN)c(Cl)cc1Cl. The highest BCUT2D eigenvalue weighted by Gasteiger charge is 2.12. The minimum absolute atomic E-state index is 0.0277. The zero-order valence-electron chi connectivity index (χ0n) is 10.8. The average Bonchev–Trinajstić information content (AvgIpc) is 2.39. The van der Waals surface area contributed by atoms with E-state index in [1.165, 1.54) is 6.07 Å². The third-order valence-corrected chi connectivity index (χ3v) is 3.17. The van der Waals surface area contributed by atoms with E-state index < -0.39 is 0 Å². The number of anilines is 2. The topological polar surface area (TPSA) is 83.3 Å². The van der Waals surface area contributed by atoms with Gasteiger partial charge in [0.05, 0.1) is 16.6 Å². The van der Waals surface area contributed by atoms with Crippen LogP contribution in [0.1, 0.15) is 13.8 Å². The Bertz CT molecular complexity index is 451. The van der Waals surface area contributed by atoms with Crippen molar-refractivity contribution in [3.63, 3.8) is 0 Å². The van der Waals surface area contributed by atoms with Gasteiger partial charge in [-0.3, -0.25) is 4.79 Å². The highest BCUT2D eigenvalue weighted by atomic mass is 35.5. The summed E-state index contributed by atoms with van der Waals surface area (Å²) in [6, 6.07) is 1.51. The molecule has 0 spiro atoms. The van der Waals surface area contributed by atoms with Gasteiger partial charge in [0.1, 0.15) is 5.82 Å². The summed E-state index contributed by atoms with van der Waals surface area (Å²) in [5.41, 5.74) is 2.36. The number of nitrogens with zero attached hydrogens (tertiary/aromatic N) is 2. The van der Waals surface area contributed by atoms with Crippen LogP contribution < -0.4 is 16.6 Å². The van der Waals surface area contributed by atoms with Crippen molar-refractivity contribution >= 4 is 40.7 Å². The van der Waals surface area contributed by atoms with Crippen molar-refractivity contribution in [3.8, 4) is 0 Å². The van der Waals surface area contributed by atoms with Gasteiger partial charge in [-0.25, -0.2) is 10.8 Å². The molecule has 0 aliphatic rings. The molecule has 6 nitrogen and oxygen atoms in total. The zero-order valence-corrected chi connectivity index (χ0v) is 12.3. The van der Waals surface area contributed by atoms with Crippen molar-refractivity contribution in [1.29, 1.82) is 0 Å². The van der Waals surface area contributed by atoms with Crippen molar-refractivity contribution in [1.82, 2.24) is 9.88 Å². The summed E-state index contributed by atoms with van der Waals surface area (Å²) in [5.74, 6) is 5.90. The van der Waals surface area contributed by atoms with Crippen LogP contribution in [0, 0.1) is 0 Å². The fourth-order valence-electron chi connectivity index (χ4n) is 1.54. The van der Waals surface area contributed by atoms with Gasteiger partial charge in [-0.15, -0.1) is 0 Å². The van der Waals surface area contributed by atoms with Crippen molar-refractivity contribution in [2.45, 2.75) is 13.8 Å². The van der Waals surface area contributed by atoms with E-state index in [2.05, 4.69) is 15.7 Å². The Morgan fingerprint density at radius 3 is 2.42 bits per heavy atom. The number of aromatic nitrogens is 1. The average molecular weight is 306 g/mol. The Kier molecular flexibility index (Phi) is 6.14. The van der Waals surface area contributed by atoms with Crippen LogP contribution in [0.25, 0.3) is 0 Å². The molecule has 0 unspecified atom stereocenters. The van der Waals surface area contributed by atoms with E-state index in [1.54, 1.807) is 4.90 Å². The number of rotatable bonds is 6. The molecule has 0 saturated heterocycles. The van der Waals surface area contributed by atoms with Gasteiger partial charge in [0.15, 0.2) is 5.82 Å². The number of nitrogens with one attached hydrogen (secondary N) is 2. The van der Waals surface area contributed by atoms with Crippen LogP contribution in [0.15, 0.2) is 6.07 Å². The van der Waals surface area contributed by atoms with E-state index in [-0.39, 0.29) is 12.5 Å². The normalized spacial score (nSPS) is 10.2. The molecule has 0 aromatic carbocycles. The maximum Gasteiger partial charge on any atom is 0.241 e.